The number of ether oxygens (including phenoxy) is 1. The Morgan fingerprint density at radius 1 is 1.19 bits per heavy atom. The molecule has 0 bridgehead atoms. The van der Waals surface area contributed by atoms with Crippen molar-refractivity contribution in [2.75, 3.05) is 19.8 Å². The molecule has 0 spiro atoms. The Bertz CT molecular complexity index is 519. The van der Waals surface area contributed by atoms with Gasteiger partial charge in [0.25, 0.3) is 0 Å². The number of rotatable bonds is 5. The summed E-state index contributed by atoms with van der Waals surface area (Å²) in [6.07, 6.45) is 6.61. The van der Waals surface area contributed by atoms with Crippen molar-refractivity contribution in [3.8, 4) is 0 Å². The minimum Gasteiger partial charge on any atom is -0.381 e. The van der Waals surface area contributed by atoms with Crippen LogP contribution in [-0.4, -0.2) is 40.3 Å². The highest BCUT2D eigenvalue weighted by molar-refractivity contribution is 5.81. The summed E-state index contributed by atoms with van der Waals surface area (Å²) in [6.45, 7) is 4.00. The zero-order valence-corrected chi connectivity index (χ0v) is 12.4. The second kappa shape index (κ2) is 5.44. The number of hydrogen-bond donors (Lipinski definition) is 0. The molecule has 0 radical (unpaired) electrons. The van der Waals surface area contributed by atoms with Gasteiger partial charge in [-0.25, -0.2) is 0 Å². The number of fused-ring (bicyclic) bond motifs is 1. The number of amides is 1. The van der Waals surface area contributed by atoms with E-state index < -0.39 is 0 Å². The van der Waals surface area contributed by atoms with Crippen LogP contribution in [0.1, 0.15) is 31.4 Å². The Labute approximate surface area is 125 Å². The van der Waals surface area contributed by atoms with Gasteiger partial charge in [-0.1, -0.05) is 0 Å². The van der Waals surface area contributed by atoms with Crippen molar-refractivity contribution in [3.63, 3.8) is 0 Å². The van der Waals surface area contributed by atoms with Crippen LogP contribution in [0.2, 0.25) is 0 Å². The van der Waals surface area contributed by atoms with Gasteiger partial charge < -0.3 is 9.64 Å². The molecule has 1 aromatic rings. The van der Waals surface area contributed by atoms with Gasteiger partial charge in [-0.2, -0.15) is 5.10 Å². The fraction of sp³-hybridized carbons (Fsp3) is 0.750. The Morgan fingerprint density at radius 2 is 2.00 bits per heavy atom. The molecular weight excluding hydrogens is 266 g/mol. The molecule has 1 aromatic heterocycles. The van der Waals surface area contributed by atoms with Gasteiger partial charge >= 0.3 is 0 Å². The highest BCUT2D eigenvalue weighted by Crippen LogP contribution is 2.33. The predicted octanol–water partition coefficient (Wildman–Crippen LogP) is 1.68. The van der Waals surface area contributed by atoms with E-state index in [0.717, 1.165) is 50.8 Å². The van der Waals surface area contributed by atoms with Gasteiger partial charge in [-0.3, -0.25) is 9.48 Å². The van der Waals surface area contributed by atoms with Gasteiger partial charge in [0.1, 0.15) is 0 Å². The van der Waals surface area contributed by atoms with Crippen LogP contribution in [0.3, 0.4) is 0 Å². The first kappa shape index (κ1) is 13.3. The first-order valence-corrected chi connectivity index (χ1v) is 8.17. The average Bonchev–Trinajstić information content (AvgIpc) is 3.36. The smallest absolute Gasteiger partial charge is 0.226 e. The summed E-state index contributed by atoms with van der Waals surface area (Å²) in [6, 6.07) is 2.03. The van der Waals surface area contributed by atoms with E-state index in [1.165, 1.54) is 12.8 Å². The number of carbonyl (C=O) groups is 1. The molecule has 2 saturated carbocycles. The van der Waals surface area contributed by atoms with Crippen LogP contribution in [0.15, 0.2) is 12.3 Å². The summed E-state index contributed by atoms with van der Waals surface area (Å²) in [5.41, 5.74) is 1.15. The molecule has 2 heterocycles. The Hall–Kier alpha value is -1.36. The van der Waals surface area contributed by atoms with Gasteiger partial charge in [0.15, 0.2) is 0 Å². The zero-order valence-electron chi connectivity index (χ0n) is 12.4. The van der Waals surface area contributed by atoms with Crippen molar-refractivity contribution >= 4 is 5.91 Å². The van der Waals surface area contributed by atoms with Crippen molar-refractivity contribution < 1.29 is 9.53 Å². The van der Waals surface area contributed by atoms with E-state index in [1.807, 2.05) is 21.8 Å². The third-order valence-electron chi connectivity index (χ3n) is 4.71. The summed E-state index contributed by atoms with van der Waals surface area (Å²) >= 11 is 0. The molecule has 0 N–H and O–H groups in total. The van der Waals surface area contributed by atoms with Crippen molar-refractivity contribution in [3.05, 3.63) is 18.0 Å². The van der Waals surface area contributed by atoms with E-state index in [0.29, 0.717) is 18.4 Å². The van der Waals surface area contributed by atoms with E-state index >= 15 is 0 Å². The maximum Gasteiger partial charge on any atom is 0.226 e. The molecule has 114 valence electrons. The van der Waals surface area contributed by atoms with Gasteiger partial charge in [0.05, 0.1) is 18.8 Å². The monoisotopic (exact) mass is 289 g/mol. The summed E-state index contributed by atoms with van der Waals surface area (Å²) in [5.74, 6) is 1.76. The lowest BCUT2D eigenvalue weighted by atomic mass is 10.1. The first-order chi connectivity index (χ1) is 10.3. The molecule has 0 saturated heterocycles. The lowest BCUT2D eigenvalue weighted by Crippen LogP contribution is -2.36. The molecule has 4 rings (SSSR count). The summed E-state index contributed by atoms with van der Waals surface area (Å²) in [4.78, 5) is 14.5. The quantitative estimate of drug-likeness (QED) is 0.828. The van der Waals surface area contributed by atoms with Gasteiger partial charge in [-0.05, 0) is 37.7 Å². The molecule has 2 aliphatic carbocycles. The van der Waals surface area contributed by atoms with E-state index in [1.54, 1.807) is 0 Å². The molecule has 1 atom stereocenters. The SMILES string of the molecule is O=C(C1CC1)N1Cc2ccnn2CC(COCC2CC2)C1. The van der Waals surface area contributed by atoms with E-state index in [9.17, 15) is 4.79 Å². The first-order valence-electron chi connectivity index (χ1n) is 8.17. The highest BCUT2D eigenvalue weighted by Gasteiger charge is 2.36. The van der Waals surface area contributed by atoms with E-state index in [2.05, 4.69) is 5.10 Å². The van der Waals surface area contributed by atoms with Crippen LogP contribution >= 0.6 is 0 Å². The lowest BCUT2D eigenvalue weighted by Gasteiger charge is -2.24. The van der Waals surface area contributed by atoms with Crippen LogP contribution in [0.5, 0.6) is 0 Å². The average molecular weight is 289 g/mol. The van der Waals surface area contributed by atoms with Crippen LogP contribution in [0.25, 0.3) is 0 Å². The number of hydrogen-bond acceptors (Lipinski definition) is 3. The van der Waals surface area contributed by atoms with Gasteiger partial charge in [0, 0.05) is 37.7 Å². The van der Waals surface area contributed by atoms with Gasteiger partial charge in [-0.15, -0.1) is 0 Å². The minimum atomic E-state index is 0.285. The van der Waals surface area contributed by atoms with Crippen LogP contribution < -0.4 is 0 Å². The van der Waals surface area contributed by atoms with Crippen LogP contribution in [0.4, 0.5) is 0 Å². The highest BCUT2D eigenvalue weighted by atomic mass is 16.5. The number of aromatic nitrogens is 2. The van der Waals surface area contributed by atoms with E-state index in [-0.39, 0.29) is 5.92 Å². The van der Waals surface area contributed by atoms with Crippen LogP contribution in [-0.2, 0) is 22.6 Å². The topological polar surface area (TPSA) is 47.4 Å². The van der Waals surface area contributed by atoms with Crippen LogP contribution in [0, 0.1) is 17.8 Å². The number of nitrogens with zero attached hydrogens (tertiary/aromatic N) is 3. The third-order valence-corrected chi connectivity index (χ3v) is 4.71. The Morgan fingerprint density at radius 3 is 2.76 bits per heavy atom. The van der Waals surface area contributed by atoms with Crippen molar-refractivity contribution in [2.24, 2.45) is 17.8 Å². The molecular formula is C16H23N3O2. The standard InChI is InChI=1S/C16H23N3O2/c20-16(14-3-4-14)18-7-13(11-21-10-12-1-2-12)8-19-15(9-18)5-6-17-19/h5-6,12-14H,1-4,7-11H2. The molecule has 1 unspecified atom stereocenters. The maximum atomic E-state index is 12.4. The Balaban J connectivity index is 1.43. The second-order valence-electron chi connectivity index (χ2n) is 6.84. The molecule has 21 heavy (non-hydrogen) atoms. The molecule has 5 nitrogen and oxygen atoms in total. The summed E-state index contributed by atoms with van der Waals surface area (Å²) < 4.78 is 7.92. The van der Waals surface area contributed by atoms with Gasteiger partial charge in [0.2, 0.25) is 5.91 Å². The van der Waals surface area contributed by atoms with E-state index in [4.69, 9.17) is 4.74 Å². The third kappa shape index (κ3) is 3.12. The zero-order chi connectivity index (χ0) is 14.2. The second-order valence-corrected chi connectivity index (χ2v) is 6.84. The fourth-order valence-electron chi connectivity index (χ4n) is 3.08. The summed E-state index contributed by atoms with van der Waals surface area (Å²) in [7, 11) is 0. The van der Waals surface area contributed by atoms with Crippen molar-refractivity contribution in [1.82, 2.24) is 14.7 Å². The minimum absolute atomic E-state index is 0.285. The van der Waals surface area contributed by atoms with Crippen molar-refractivity contribution in [2.45, 2.75) is 38.8 Å². The molecule has 5 heteroatoms. The van der Waals surface area contributed by atoms with Crippen molar-refractivity contribution in [1.29, 1.82) is 0 Å². The maximum absolute atomic E-state index is 12.4. The summed E-state index contributed by atoms with van der Waals surface area (Å²) in [5, 5.41) is 4.40. The largest absolute Gasteiger partial charge is 0.381 e. The molecule has 2 fully saturated rings. The molecule has 1 aliphatic heterocycles. The fourth-order valence-corrected chi connectivity index (χ4v) is 3.08. The molecule has 0 aromatic carbocycles. The predicted molar refractivity (Wildman–Crippen MR) is 77.4 cm³/mol. The molecule has 1 amide bonds. The lowest BCUT2D eigenvalue weighted by molar-refractivity contribution is -0.134. The Kier molecular flexibility index (Phi) is 3.45. The normalized spacial score (nSPS) is 25.5. The molecule has 3 aliphatic rings. The number of carbonyl (C=O) groups excluding carboxylic acids is 1.